The highest BCUT2D eigenvalue weighted by Crippen LogP contribution is 2.26. The van der Waals surface area contributed by atoms with Crippen LogP contribution in [0.25, 0.3) is 0 Å². The van der Waals surface area contributed by atoms with Gasteiger partial charge in [0.2, 0.25) is 0 Å². The summed E-state index contributed by atoms with van der Waals surface area (Å²) in [7, 11) is 0. The van der Waals surface area contributed by atoms with Crippen molar-refractivity contribution in [2.24, 2.45) is 0 Å². The largest absolute Gasteiger partial charge is 0.492 e. The Kier molecular flexibility index (Phi) is 4.79. The molecule has 4 heteroatoms. The van der Waals surface area contributed by atoms with Crippen molar-refractivity contribution in [3.63, 3.8) is 0 Å². The van der Waals surface area contributed by atoms with E-state index >= 15 is 0 Å². The van der Waals surface area contributed by atoms with Crippen molar-refractivity contribution in [1.29, 1.82) is 0 Å². The van der Waals surface area contributed by atoms with E-state index in [4.69, 9.17) is 4.74 Å². The zero-order valence-electron chi connectivity index (χ0n) is 11.4. The molecule has 2 rings (SSSR count). The highest BCUT2D eigenvalue weighted by Gasteiger charge is 2.10. The molecule has 0 aromatic heterocycles. The van der Waals surface area contributed by atoms with Crippen LogP contribution >= 0.6 is 15.9 Å². The first-order valence-corrected chi connectivity index (χ1v) is 7.20. The summed E-state index contributed by atoms with van der Waals surface area (Å²) in [5, 5.41) is 2.89. The fraction of sp³-hybridized carbons (Fsp3) is 0.188. The van der Waals surface area contributed by atoms with Crippen LogP contribution in [0, 0.1) is 6.92 Å². The fourth-order valence-electron chi connectivity index (χ4n) is 1.82. The monoisotopic (exact) mass is 333 g/mol. The van der Waals surface area contributed by atoms with Gasteiger partial charge in [0, 0.05) is 10.0 Å². The van der Waals surface area contributed by atoms with E-state index in [1.165, 1.54) is 0 Å². The molecule has 1 amide bonds. The Balaban J connectivity index is 2.22. The first kappa shape index (κ1) is 14.6. The van der Waals surface area contributed by atoms with Crippen LogP contribution in [0.4, 0.5) is 5.69 Å². The molecule has 0 unspecified atom stereocenters. The predicted octanol–water partition coefficient (Wildman–Crippen LogP) is 4.41. The van der Waals surface area contributed by atoms with E-state index in [1.807, 2.05) is 44.2 Å². The smallest absolute Gasteiger partial charge is 0.255 e. The maximum absolute atomic E-state index is 12.2. The number of ether oxygens (including phenoxy) is 1. The average molecular weight is 334 g/mol. The first-order valence-electron chi connectivity index (χ1n) is 6.40. The molecule has 0 saturated heterocycles. The SMILES string of the molecule is CCOc1ccc(C)cc1NC(=O)c1ccc(Br)cc1. The van der Waals surface area contributed by atoms with Gasteiger partial charge in [0.25, 0.3) is 5.91 Å². The number of aryl methyl sites for hydroxylation is 1. The number of hydrogen-bond donors (Lipinski definition) is 1. The van der Waals surface area contributed by atoms with Crippen LogP contribution in [0.1, 0.15) is 22.8 Å². The summed E-state index contributed by atoms with van der Waals surface area (Å²) in [4.78, 5) is 12.2. The Morgan fingerprint density at radius 2 is 1.90 bits per heavy atom. The Morgan fingerprint density at radius 3 is 2.55 bits per heavy atom. The van der Waals surface area contributed by atoms with Crippen LogP contribution in [0.15, 0.2) is 46.9 Å². The quantitative estimate of drug-likeness (QED) is 0.899. The van der Waals surface area contributed by atoms with Gasteiger partial charge in [0.1, 0.15) is 5.75 Å². The average Bonchev–Trinajstić information content (AvgIpc) is 2.42. The lowest BCUT2D eigenvalue weighted by Crippen LogP contribution is -2.13. The third kappa shape index (κ3) is 3.61. The highest BCUT2D eigenvalue weighted by molar-refractivity contribution is 9.10. The molecule has 2 aromatic carbocycles. The molecule has 0 aliphatic rings. The fourth-order valence-corrected chi connectivity index (χ4v) is 2.08. The molecular formula is C16H16BrNO2. The van der Waals surface area contributed by atoms with E-state index in [0.29, 0.717) is 23.6 Å². The normalized spacial score (nSPS) is 10.2. The third-order valence-electron chi connectivity index (χ3n) is 2.79. The molecule has 20 heavy (non-hydrogen) atoms. The minimum Gasteiger partial charge on any atom is -0.492 e. The molecule has 0 saturated carbocycles. The number of hydrogen-bond acceptors (Lipinski definition) is 2. The van der Waals surface area contributed by atoms with E-state index in [9.17, 15) is 4.79 Å². The van der Waals surface area contributed by atoms with Crippen molar-refractivity contribution < 1.29 is 9.53 Å². The second-order valence-corrected chi connectivity index (χ2v) is 5.31. The summed E-state index contributed by atoms with van der Waals surface area (Å²) in [5.41, 5.74) is 2.37. The van der Waals surface area contributed by atoms with Crippen molar-refractivity contribution in [3.05, 3.63) is 58.1 Å². The molecule has 0 heterocycles. The predicted molar refractivity (Wildman–Crippen MR) is 84.4 cm³/mol. The molecule has 0 spiro atoms. The maximum atomic E-state index is 12.2. The topological polar surface area (TPSA) is 38.3 Å². The van der Waals surface area contributed by atoms with Crippen molar-refractivity contribution in [3.8, 4) is 5.75 Å². The van der Waals surface area contributed by atoms with Gasteiger partial charge in [0.05, 0.1) is 12.3 Å². The molecule has 1 N–H and O–H groups in total. The van der Waals surface area contributed by atoms with Crippen molar-refractivity contribution in [2.75, 3.05) is 11.9 Å². The molecule has 0 fully saturated rings. The lowest BCUT2D eigenvalue weighted by molar-refractivity contribution is 0.102. The molecule has 0 aliphatic carbocycles. The standard InChI is InChI=1S/C16H16BrNO2/c1-3-20-15-9-4-11(2)10-14(15)18-16(19)12-5-7-13(17)8-6-12/h4-10H,3H2,1-2H3,(H,18,19). The van der Waals surface area contributed by atoms with Crippen LogP contribution < -0.4 is 10.1 Å². The van der Waals surface area contributed by atoms with Gasteiger partial charge in [-0.3, -0.25) is 4.79 Å². The Labute approximate surface area is 127 Å². The minimum atomic E-state index is -0.149. The number of carbonyl (C=O) groups excluding carboxylic acids is 1. The van der Waals surface area contributed by atoms with E-state index in [-0.39, 0.29) is 5.91 Å². The van der Waals surface area contributed by atoms with Crippen LogP contribution in [0.5, 0.6) is 5.75 Å². The van der Waals surface area contributed by atoms with Crippen LogP contribution in [-0.4, -0.2) is 12.5 Å². The number of amides is 1. The van der Waals surface area contributed by atoms with Crippen molar-refractivity contribution >= 4 is 27.5 Å². The second kappa shape index (κ2) is 6.57. The van der Waals surface area contributed by atoms with Crippen molar-refractivity contribution in [2.45, 2.75) is 13.8 Å². The van der Waals surface area contributed by atoms with Gasteiger partial charge in [-0.1, -0.05) is 22.0 Å². The zero-order valence-corrected chi connectivity index (χ0v) is 13.0. The Bertz CT molecular complexity index is 608. The lowest BCUT2D eigenvalue weighted by Gasteiger charge is -2.12. The summed E-state index contributed by atoms with van der Waals surface area (Å²) >= 11 is 3.35. The minimum absolute atomic E-state index is 0.149. The first-order chi connectivity index (χ1) is 9.60. The lowest BCUT2D eigenvalue weighted by atomic mass is 10.1. The van der Waals surface area contributed by atoms with Gasteiger partial charge in [-0.05, 0) is 55.8 Å². The van der Waals surface area contributed by atoms with Gasteiger partial charge in [-0.15, -0.1) is 0 Å². The molecule has 104 valence electrons. The van der Waals surface area contributed by atoms with E-state index in [0.717, 1.165) is 10.0 Å². The van der Waals surface area contributed by atoms with Gasteiger partial charge >= 0.3 is 0 Å². The molecule has 0 atom stereocenters. The van der Waals surface area contributed by atoms with E-state index in [2.05, 4.69) is 21.2 Å². The van der Waals surface area contributed by atoms with Crippen LogP contribution in [-0.2, 0) is 0 Å². The highest BCUT2D eigenvalue weighted by atomic mass is 79.9. The molecule has 0 radical (unpaired) electrons. The summed E-state index contributed by atoms with van der Waals surface area (Å²) in [6, 6.07) is 13.0. The van der Waals surface area contributed by atoms with Gasteiger partial charge in [-0.25, -0.2) is 0 Å². The molecule has 0 bridgehead atoms. The number of halogens is 1. The molecule has 2 aromatic rings. The van der Waals surface area contributed by atoms with Crippen LogP contribution in [0.2, 0.25) is 0 Å². The van der Waals surface area contributed by atoms with Crippen molar-refractivity contribution in [1.82, 2.24) is 0 Å². The molecule has 3 nitrogen and oxygen atoms in total. The Morgan fingerprint density at radius 1 is 1.20 bits per heavy atom. The summed E-state index contributed by atoms with van der Waals surface area (Å²) in [5.74, 6) is 0.535. The van der Waals surface area contributed by atoms with E-state index < -0.39 is 0 Å². The zero-order chi connectivity index (χ0) is 14.5. The summed E-state index contributed by atoms with van der Waals surface area (Å²) < 4.78 is 6.47. The number of benzene rings is 2. The number of rotatable bonds is 4. The molecule has 0 aliphatic heterocycles. The van der Waals surface area contributed by atoms with Gasteiger partial charge in [-0.2, -0.15) is 0 Å². The molecular weight excluding hydrogens is 318 g/mol. The number of nitrogens with one attached hydrogen (secondary N) is 1. The van der Waals surface area contributed by atoms with Crippen LogP contribution in [0.3, 0.4) is 0 Å². The second-order valence-electron chi connectivity index (χ2n) is 4.39. The number of anilines is 1. The number of carbonyl (C=O) groups is 1. The van der Waals surface area contributed by atoms with Gasteiger partial charge in [0.15, 0.2) is 0 Å². The van der Waals surface area contributed by atoms with E-state index in [1.54, 1.807) is 12.1 Å². The summed E-state index contributed by atoms with van der Waals surface area (Å²) in [6.07, 6.45) is 0. The Hall–Kier alpha value is -1.81. The maximum Gasteiger partial charge on any atom is 0.255 e. The summed E-state index contributed by atoms with van der Waals surface area (Å²) in [6.45, 7) is 4.45. The third-order valence-corrected chi connectivity index (χ3v) is 3.32. The van der Waals surface area contributed by atoms with Gasteiger partial charge < -0.3 is 10.1 Å².